The molecule has 3 amide bonds. The third-order valence-electron chi connectivity index (χ3n) is 5.97. The summed E-state index contributed by atoms with van der Waals surface area (Å²) in [5.41, 5.74) is 0.796. The number of anilines is 1. The molecule has 1 aromatic heterocycles. The van der Waals surface area contributed by atoms with Gasteiger partial charge in [-0.2, -0.15) is 0 Å². The minimum absolute atomic E-state index is 0.0136. The Balaban J connectivity index is 1.19. The van der Waals surface area contributed by atoms with E-state index in [4.69, 9.17) is 0 Å². The van der Waals surface area contributed by atoms with E-state index in [-0.39, 0.29) is 23.6 Å². The number of carbonyl (C=O) groups is 3. The van der Waals surface area contributed by atoms with Gasteiger partial charge in [0, 0.05) is 50.9 Å². The highest BCUT2D eigenvalue weighted by Gasteiger charge is 2.32. The van der Waals surface area contributed by atoms with Crippen LogP contribution in [0.25, 0.3) is 0 Å². The van der Waals surface area contributed by atoms with Crippen molar-refractivity contribution in [3.05, 3.63) is 52.7 Å². The maximum absolute atomic E-state index is 13.0. The van der Waals surface area contributed by atoms with E-state index in [0.717, 1.165) is 23.4 Å². The molecule has 0 atom stereocenters. The highest BCUT2D eigenvalue weighted by molar-refractivity contribution is 7.12. The van der Waals surface area contributed by atoms with Gasteiger partial charge in [0.05, 0.1) is 11.4 Å². The molecular formula is C23H28N4O3S. The van der Waals surface area contributed by atoms with E-state index < -0.39 is 0 Å². The number of piperidine rings is 1. The number of hydrogen-bond donors (Lipinski definition) is 1. The summed E-state index contributed by atoms with van der Waals surface area (Å²) in [6, 6.07) is 13.2. The van der Waals surface area contributed by atoms with Gasteiger partial charge in [-0.3, -0.25) is 19.3 Å². The number of carbonyl (C=O) groups excluding carboxylic acids is 3. The van der Waals surface area contributed by atoms with E-state index >= 15 is 0 Å². The summed E-state index contributed by atoms with van der Waals surface area (Å²) in [7, 11) is 0. The summed E-state index contributed by atoms with van der Waals surface area (Å²) in [6.07, 6.45) is 1.44. The average molecular weight is 441 g/mol. The normalized spacial score (nSPS) is 18.1. The minimum atomic E-state index is -0.0336. The molecule has 0 radical (unpaired) electrons. The first-order chi connectivity index (χ1) is 15.1. The van der Waals surface area contributed by atoms with Crippen LogP contribution in [0.3, 0.4) is 0 Å². The first-order valence-electron chi connectivity index (χ1n) is 10.8. The summed E-state index contributed by atoms with van der Waals surface area (Å²) in [6.45, 7) is 4.28. The van der Waals surface area contributed by atoms with Crippen molar-refractivity contribution in [2.75, 3.05) is 51.1 Å². The second kappa shape index (κ2) is 10.1. The second-order valence-electron chi connectivity index (χ2n) is 8.06. The molecular weight excluding hydrogens is 412 g/mol. The van der Waals surface area contributed by atoms with Crippen LogP contribution in [0.2, 0.25) is 0 Å². The van der Waals surface area contributed by atoms with Gasteiger partial charge in [-0.05, 0) is 36.4 Å². The Kier molecular flexibility index (Phi) is 6.99. The Hall–Kier alpha value is -2.71. The number of para-hydroxylation sites is 1. The quantitative estimate of drug-likeness (QED) is 0.775. The van der Waals surface area contributed by atoms with Crippen LogP contribution in [0.5, 0.6) is 0 Å². The van der Waals surface area contributed by atoms with Gasteiger partial charge in [0.1, 0.15) is 0 Å². The van der Waals surface area contributed by atoms with Gasteiger partial charge in [-0.1, -0.05) is 24.3 Å². The van der Waals surface area contributed by atoms with Gasteiger partial charge in [0.2, 0.25) is 11.8 Å². The minimum Gasteiger partial charge on any atom is -0.340 e. The molecule has 1 N–H and O–H groups in total. The molecule has 1 aromatic carbocycles. The lowest BCUT2D eigenvalue weighted by Gasteiger charge is -2.38. The van der Waals surface area contributed by atoms with Crippen LogP contribution in [0, 0.1) is 5.92 Å². The lowest BCUT2D eigenvalue weighted by Crippen LogP contribution is -2.53. The zero-order valence-corrected chi connectivity index (χ0v) is 18.4. The SMILES string of the molecule is O=C(CN1CCN(C(=O)C2CCN(C(=O)c3cccs3)CC2)CC1)Nc1ccccc1. The van der Waals surface area contributed by atoms with Gasteiger partial charge in [0.25, 0.3) is 5.91 Å². The molecule has 2 fully saturated rings. The molecule has 8 heteroatoms. The predicted molar refractivity (Wildman–Crippen MR) is 121 cm³/mol. The van der Waals surface area contributed by atoms with Gasteiger partial charge < -0.3 is 15.1 Å². The van der Waals surface area contributed by atoms with Crippen molar-refractivity contribution in [1.82, 2.24) is 14.7 Å². The van der Waals surface area contributed by atoms with Gasteiger partial charge in [0.15, 0.2) is 0 Å². The van der Waals surface area contributed by atoms with Gasteiger partial charge >= 0.3 is 0 Å². The molecule has 4 rings (SSSR count). The Morgan fingerprint density at radius 2 is 1.58 bits per heavy atom. The number of piperazine rings is 1. The molecule has 2 aromatic rings. The fourth-order valence-electron chi connectivity index (χ4n) is 4.20. The van der Waals surface area contributed by atoms with Crippen molar-refractivity contribution in [2.45, 2.75) is 12.8 Å². The lowest BCUT2D eigenvalue weighted by atomic mass is 9.95. The number of rotatable bonds is 5. The molecule has 31 heavy (non-hydrogen) atoms. The smallest absolute Gasteiger partial charge is 0.263 e. The molecule has 7 nitrogen and oxygen atoms in total. The van der Waals surface area contributed by atoms with Crippen molar-refractivity contribution in [2.24, 2.45) is 5.92 Å². The van der Waals surface area contributed by atoms with Crippen molar-refractivity contribution in [3.63, 3.8) is 0 Å². The van der Waals surface area contributed by atoms with Gasteiger partial charge in [-0.15, -0.1) is 11.3 Å². The summed E-state index contributed by atoms with van der Waals surface area (Å²) in [5, 5.41) is 4.82. The Labute approximate surface area is 186 Å². The maximum Gasteiger partial charge on any atom is 0.263 e. The highest BCUT2D eigenvalue weighted by Crippen LogP contribution is 2.23. The number of thiophene rings is 1. The molecule has 0 unspecified atom stereocenters. The monoisotopic (exact) mass is 440 g/mol. The standard InChI is InChI=1S/C23H28N4O3S/c28-21(24-19-5-2-1-3-6-19)17-25-12-14-27(15-13-25)22(29)18-8-10-26(11-9-18)23(30)20-7-4-16-31-20/h1-7,16,18H,8-15,17H2,(H,24,28). The third-order valence-corrected chi connectivity index (χ3v) is 6.83. The van der Waals surface area contributed by atoms with E-state index in [9.17, 15) is 14.4 Å². The predicted octanol–water partition coefficient (Wildman–Crippen LogP) is 2.38. The molecule has 2 aliphatic heterocycles. The average Bonchev–Trinajstić information content (AvgIpc) is 3.34. The number of benzene rings is 1. The van der Waals surface area contributed by atoms with Crippen molar-refractivity contribution < 1.29 is 14.4 Å². The van der Waals surface area contributed by atoms with Crippen LogP contribution in [0.4, 0.5) is 5.69 Å². The van der Waals surface area contributed by atoms with Crippen LogP contribution in [-0.4, -0.2) is 78.2 Å². The summed E-state index contributed by atoms with van der Waals surface area (Å²) in [4.78, 5) is 44.3. The van der Waals surface area contributed by atoms with Crippen molar-refractivity contribution in [1.29, 1.82) is 0 Å². The van der Waals surface area contributed by atoms with Crippen LogP contribution >= 0.6 is 11.3 Å². The summed E-state index contributed by atoms with van der Waals surface area (Å²) >= 11 is 1.46. The van der Waals surface area contributed by atoms with Crippen molar-refractivity contribution >= 4 is 34.7 Å². The topological polar surface area (TPSA) is 73.0 Å². The Morgan fingerprint density at radius 3 is 2.23 bits per heavy atom. The fraction of sp³-hybridized carbons (Fsp3) is 0.435. The molecule has 0 spiro atoms. The van der Waals surface area contributed by atoms with E-state index in [2.05, 4.69) is 10.2 Å². The van der Waals surface area contributed by atoms with Crippen LogP contribution < -0.4 is 5.32 Å². The van der Waals surface area contributed by atoms with E-state index in [1.165, 1.54) is 11.3 Å². The summed E-state index contributed by atoms with van der Waals surface area (Å²) in [5.74, 6) is 0.217. The van der Waals surface area contributed by atoms with E-state index in [0.29, 0.717) is 45.8 Å². The number of nitrogens with one attached hydrogen (secondary N) is 1. The zero-order valence-electron chi connectivity index (χ0n) is 17.5. The van der Waals surface area contributed by atoms with Crippen LogP contribution in [0.1, 0.15) is 22.5 Å². The number of hydrogen-bond acceptors (Lipinski definition) is 5. The first kappa shape index (κ1) is 21.5. The molecule has 2 saturated heterocycles. The van der Waals surface area contributed by atoms with Crippen LogP contribution in [0.15, 0.2) is 47.8 Å². The maximum atomic E-state index is 13.0. The second-order valence-corrected chi connectivity index (χ2v) is 9.01. The Bertz CT molecular complexity index is 887. The van der Waals surface area contributed by atoms with E-state index in [1.807, 2.05) is 57.6 Å². The fourth-order valence-corrected chi connectivity index (χ4v) is 4.89. The Morgan fingerprint density at radius 1 is 0.871 bits per heavy atom. The molecule has 164 valence electrons. The molecule has 0 aliphatic carbocycles. The molecule has 0 saturated carbocycles. The number of amides is 3. The number of likely N-dealkylation sites (tertiary alicyclic amines) is 1. The molecule has 2 aliphatic rings. The first-order valence-corrected chi connectivity index (χ1v) is 11.7. The van der Waals surface area contributed by atoms with Gasteiger partial charge in [-0.25, -0.2) is 0 Å². The number of nitrogens with zero attached hydrogens (tertiary/aromatic N) is 3. The van der Waals surface area contributed by atoms with E-state index in [1.54, 1.807) is 0 Å². The summed E-state index contributed by atoms with van der Waals surface area (Å²) < 4.78 is 0. The van der Waals surface area contributed by atoms with Crippen molar-refractivity contribution in [3.8, 4) is 0 Å². The van der Waals surface area contributed by atoms with Crippen LogP contribution in [-0.2, 0) is 9.59 Å². The molecule has 3 heterocycles. The molecule has 0 bridgehead atoms. The lowest BCUT2D eigenvalue weighted by molar-refractivity contribution is -0.138. The largest absolute Gasteiger partial charge is 0.340 e. The highest BCUT2D eigenvalue weighted by atomic mass is 32.1. The zero-order chi connectivity index (χ0) is 21.6. The third kappa shape index (κ3) is 5.51.